The van der Waals surface area contributed by atoms with Crippen molar-refractivity contribution in [1.82, 2.24) is 19.7 Å². The van der Waals surface area contributed by atoms with Gasteiger partial charge in [0.05, 0.1) is 11.1 Å². The molecule has 2 aromatic heterocycles. The van der Waals surface area contributed by atoms with Gasteiger partial charge in [0, 0.05) is 29.2 Å². The molecular weight excluding hydrogens is 311 g/mol. The average molecular weight is 318 g/mol. The van der Waals surface area contributed by atoms with Crippen LogP contribution in [0.4, 0.5) is 0 Å². The number of rotatable bonds is 2. The molecule has 0 aromatic carbocycles. The summed E-state index contributed by atoms with van der Waals surface area (Å²) in [4.78, 5) is 9.43. The third-order valence-electron chi connectivity index (χ3n) is 1.49. The second kappa shape index (κ2) is 4.26. The Hall–Kier alpha value is -0.630. The highest BCUT2D eigenvalue weighted by atomic mass is 127. The highest BCUT2D eigenvalue weighted by Gasteiger charge is 2.01. The fraction of sp³-hybridized carbons (Fsp3) is 0.125. The van der Waals surface area contributed by atoms with E-state index < -0.39 is 0 Å². The summed E-state index contributed by atoms with van der Waals surface area (Å²) >= 11 is 3.69. The summed E-state index contributed by atoms with van der Waals surface area (Å²) in [5, 5.41) is 4.82. The first-order valence-corrected chi connectivity index (χ1v) is 5.77. The van der Waals surface area contributed by atoms with Gasteiger partial charge in [0.15, 0.2) is 5.16 Å². The van der Waals surface area contributed by atoms with Gasteiger partial charge in [-0.2, -0.15) is 5.10 Å². The molecule has 0 N–H and O–H groups in total. The van der Waals surface area contributed by atoms with Gasteiger partial charge in [0.25, 0.3) is 0 Å². The number of hydrogen-bond donors (Lipinski definition) is 0. The van der Waals surface area contributed by atoms with E-state index in [4.69, 9.17) is 0 Å². The SMILES string of the molecule is Cn1cc(Sc2ncc(I)cn2)cn1. The maximum absolute atomic E-state index is 4.19. The van der Waals surface area contributed by atoms with Crippen LogP contribution in [0.5, 0.6) is 0 Å². The first-order chi connectivity index (χ1) is 6.74. The first kappa shape index (κ1) is 9.91. The summed E-state index contributed by atoms with van der Waals surface area (Å²) in [7, 11) is 1.89. The molecule has 6 heteroatoms. The fourth-order valence-electron chi connectivity index (χ4n) is 0.910. The molecule has 14 heavy (non-hydrogen) atoms. The minimum atomic E-state index is 0.749. The van der Waals surface area contributed by atoms with Gasteiger partial charge in [-0.05, 0) is 34.4 Å². The van der Waals surface area contributed by atoms with E-state index in [1.165, 1.54) is 11.8 Å². The molecule has 0 saturated carbocycles. The Kier molecular flexibility index (Phi) is 3.02. The monoisotopic (exact) mass is 318 g/mol. The summed E-state index contributed by atoms with van der Waals surface area (Å²) in [5.74, 6) is 0. The maximum Gasteiger partial charge on any atom is 0.192 e. The molecule has 72 valence electrons. The highest BCUT2D eigenvalue weighted by molar-refractivity contribution is 14.1. The van der Waals surface area contributed by atoms with E-state index >= 15 is 0 Å². The molecular formula is C8H7IN4S. The molecule has 0 bridgehead atoms. The molecule has 2 heterocycles. The third kappa shape index (κ3) is 2.44. The molecule has 0 radical (unpaired) electrons. The van der Waals surface area contributed by atoms with E-state index in [0.717, 1.165) is 13.6 Å². The topological polar surface area (TPSA) is 43.6 Å². The van der Waals surface area contributed by atoms with Gasteiger partial charge in [-0.3, -0.25) is 4.68 Å². The van der Waals surface area contributed by atoms with Crippen LogP contribution >= 0.6 is 34.4 Å². The molecule has 0 aliphatic heterocycles. The van der Waals surface area contributed by atoms with Crippen LogP contribution in [-0.4, -0.2) is 19.7 Å². The normalized spacial score (nSPS) is 10.4. The molecule has 0 aliphatic rings. The molecule has 0 amide bonds. The zero-order valence-corrected chi connectivity index (χ0v) is 10.4. The van der Waals surface area contributed by atoms with Gasteiger partial charge in [-0.15, -0.1) is 0 Å². The minimum absolute atomic E-state index is 0.749. The maximum atomic E-state index is 4.19. The zero-order valence-electron chi connectivity index (χ0n) is 7.38. The zero-order chi connectivity index (χ0) is 9.97. The van der Waals surface area contributed by atoms with Gasteiger partial charge in [-0.25, -0.2) is 9.97 Å². The summed E-state index contributed by atoms with van der Waals surface area (Å²) in [6, 6.07) is 0. The molecule has 0 unspecified atom stereocenters. The number of halogens is 1. The van der Waals surface area contributed by atoms with E-state index in [9.17, 15) is 0 Å². The molecule has 4 nitrogen and oxygen atoms in total. The third-order valence-corrected chi connectivity index (χ3v) is 2.88. The van der Waals surface area contributed by atoms with Crippen molar-refractivity contribution in [3.05, 3.63) is 28.4 Å². The molecule has 0 aliphatic carbocycles. The summed E-state index contributed by atoms with van der Waals surface area (Å²) in [6.07, 6.45) is 7.33. The summed E-state index contributed by atoms with van der Waals surface area (Å²) in [6.45, 7) is 0. The molecule has 0 spiro atoms. The van der Waals surface area contributed by atoms with Crippen molar-refractivity contribution >= 4 is 34.4 Å². The lowest BCUT2D eigenvalue weighted by molar-refractivity contribution is 0.766. The average Bonchev–Trinajstić information content (AvgIpc) is 2.56. The fourth-order valence-corrected chi connectivity index (χ4v) is 1.92. The van der Waals surface area contributed by atoms with E-state index in [-0.39, 0.29) is 0 Å². The molecule has 0 fully saturated rings. The van der Waals surface area contributed by atoms with Crippen LogP contribution in [0, 0.1) is 3.57 Å². The smallest absolute Gasteiger partial charge is 0.192 e. The second-order valence-corrected chi connectivity index (χ2v) is 4.92. The Morgan fingerprint density at radius 1 is 1.29 bits per heavy atom. The Balaban J connectivity index is 2.15. The standard InChI is InChI=1S/C8H7IN4S/c1-13-5-7(4-12-13)14-8-10-2-6(9)3-11-8/h2-5H,1H3. The van der Waals surface area contributed by atoms with Crippen molar-refractivity contribution in [3.63, 3.8) is 0 Å². The lowest BCUT2D eigenvalue weighted by atomic mass is 10.7. The van der Waals surface area contributed by atoms with Crippen molar-refractivity contribution in [1.29, 1.82) is 0 Å². The number of aryl methyl sites for hydroxylation is 1. The lowest BCUT2D eigenvalue weighted by Gasteiger charge is -1.95. The van der Waals surface area contributed by atoms with E-state index in [1.54, 1.807) is 23.3 Å². The van der Waals surface area contributed by atoms with Crippen molar-refractivity contribution in [2.75, 3.05) is 0 Å². The van der Waals surface area contributed by atoms with Crippen LogP contribution in [0.15, 0.2) is 34.8 Å². The predicted molar refractivity (Wildman–Crippen MR) is 62.1 cm³/mol. The van der Waals surface area contributed by atoms with Gasteiger partial charge < -0.3 is 0 Å². The van der Waals surface area contributed by atoms with Crippen molar-refractivity contribution in [2.45, 2.75) is 10.1 Å². The second-order valence-electron chi connectivity index (χ2n) is 2.64. The Labute approximate surface area is 99.3 Å². The van der Waals surface area contributed by atoms with Crippen molar-refractivity contribution in [3.8, 4) is 0 Å². The Bertz CT molecular complexity index is 425. The lowest BCUT2D eigenvalue weighted by Crippen LogP contribution is -1.86. The van der Waals surface area contributed by atoms with Crippen LogP contribution in [-0.2, 0) is 7.05 Å². The predicted octanol–water partition coefficient (Wildman–Crippen LogP) is 1.97. The van der Waals surface area contributed by atoms with Crippen LogP contribution < -0.4 is 0 Å². The van der Waals surface area contributed by atoms with Gasteiger partial charge in [0.1, 0.15) is 0 Å². The summed E-state index contributed by atoms with van der Waals surface area (Å²) < 4.78 is 2.80. The van der Waals surface area contributed by atoms with Crippen LogP contribution in [0.1, 0.15) is 0 Å². The van der Waals surface area contributed by atoms with Gasteiger partial charge in [0.2, 0.25) is 0 Å². The highest BCUT2D eigenvalue weighted by Crippen LogP contribution is 2.23. The minimum Gasteiger partial charge on any atom is -0.275 e. The molecule has 2 aromatic rings. The van der Waals surface area contributed by atoms with E-state index in [1.807, 2.05) is 13.2 Å². The Morgan fingerprint density at radius 3 is 2.57 bits per heavy atom. The molecule has 0 atom stereocenters. The van der Waals surface area contributed by atoms with Crippen LogP contribution in [0.25, 0.3) is 0 Å². The quantitative estimate of drug-likeness (QED) is 0.627. The molecule has 0 saturated heterocycles. The van der Waals surface area contributed by atoms with Crippen molar-refractivity contribution < 1.29 is 0 Å². The molecule has 2 rings (SSSR count). The summed E-state index contributed by atoms with van der Waals surface area (Å²) in [5.41, 5.74) is 0. The van der Waals surface area contributed by atoms with Gasteiger partial charge >= 0.3 is 0 Å². The first-order valence-electron chi connectivity index (χ1n) is 3.88. The number of aromatic nitrogens is 4. The van der Waals surface area contributed by atoms with Crippen LogP contribution in [0.2, 0.25) is 0 Å². The van der Waals surface area contributed by atoms with Gasteiger partial charge in [-0.1, -0.05) is 0 Å². The largest absolute Gasteiger partial charge is 0.275 e. The number of hydrogen-bond acceptors (Lipinski definition) is 4. The Morgan fingerprint density at radius 2 is 2.00 bits per heavy atom. The van der Waals surface area contributed by atoms with E-state index in [2.05, 4.69) is 37.7 Å². The van der Waals surface area contributed by atoms with E-state index in [0.29, 0.717) is 0 Å². The van der Waals surface area contributed by atoms with Crippen molar-refractivity contribution in [2.24, 2.45) is 7.05 Å². The number of nitrogens with zero attached hydrogens (tertiary/aromatic N) is 4. The van der Waals surface area contributed by atoms with Crippen LogP contribution in [0.3, 0.4) is 0 Å².